The second-order valence-electron chi connectivity index (χ2n) is 7.01. The highest BCUT2D eigenvalue weighted by molar-refractivity contribution is 7.94. The average molecular weight is 423 g/mol. The number of carbonyl (C=O) groups excluding carboxylic acids is 1. The predicted molar refractivity (Wildman–Crippen MR) is 109 cm³/mol. The monoisotopic (exact) mass is 422 g/mol. The van der Waals surface area contributed by atoms with Crippen molar-refractivity contribution in [2.75, 3.05) is 14.8 Å². The zero-order valence-electron chi connectivity index (χ0n) is 16.1. The third kappa shape index (κ3) is 3.51. The van der Waals surface area contributed by atoms with Crippen LogP contribution in [0.15, 0.2) is 35.2 Å². The number of carbonyl (C=O) groups is 1. The number of nitrogens with zero attached hydrogens (tertiary/aromatic N) is 1. The van der Waals surface area contributed by atoms with Crippen LogP contribution in [-0.4, -0.2) is 28.5 Å². The van der Waals surface area contributed by atoms with Crippen LogP contribution in [0.1, 0.15) is 28.7 Å². The van der Waals surface area contributed by atoms with Crippen LogP contribution in [-0.2, 0) is 24.8 Å². The van der Waals surface area contributed by atoms with E-state index in [4.69, 9.17) is 0 Å². The van der Waals surface area contributed by atoms with Crippen LogP contribution in [0.2, 0.25) is 0 Å². The molecule has 9 heteroatoms. The first-order valence-corrected chi connectivity index (χ1v) is 11.8. The Morgan fingerprint density at radius 3 is 1.96 bits per heavy atom. The molecule has 2 aromatic carbocycles. The minimum atomic E-state index is -3.91. The van der Waals surface area contributed by atoms with Crippen molar-refractivity contribution in [2.24, 2.45) is 0 Å². The van der Waals surface area contributed by atoms with E-state index in [1.165, 1.54) is 12.1 Å². The first-order valence-electron chi connectivity index (χ1n) is 8.70. The molecule has 1 N–H and O–H groups in total. The molecule has 7 nitrogen and oxygen atoms in total. The molecule has 0 aromatic heterocycles. The summed E-state index contributed by atoms with van der Waals surface area (Å²) < 4.78 is 53.9. The van der Waals surface area contributed by atoms with E-state index >= 15 is 0 Å². The van der Waals surface area contributed by atoms with Crippen LogP contribution < -0.4 is 9.03 Å². The number of rotatable bonds is 4. The number of anilines is 2. The van der Waals surface area contributed by atoms with Crippen molar-refractivity contribution in [2.45, 2.75) is 39.0 Å². The standard InChI is InChI=1S/C19H22N2O5S2/c1-12-6-5-7-13(2)18(12)20-28(25,26)19-14(3)10-16(11-15(19)4)21-17(22)8-9-27(21,23)24/h5-7,10-11,20H,8-9H2,1-4H3. The third-order valence-corrected chi connectivity index (χ3v) is 8.09. The molecule has 0 aliphatic carbocycles. The van der Waals surface area contributed by atoms with Gasteiger partial charge in [-0.1, -0.05) is 18.2 Å². The molecule has 1 aliphatic rings. The first kappa shape index (κ1) is 20.3. The summed E-state index contributed by atoms with van der Waals surface area (Å²) in [6.45, 7) is 6.81. The second kappa shape index (κ2) is 6.89. The molecule has 28 heavy (non-hydrogen) atoms. The van der Waals surface area contributed by atoms with Crippen LogP contribution >= 0.6 is 0 Å². The highest BCUT2D eigenvalue weighted by Gasteiger charge is 2.37. The lowest BCUT2D eigenvalue weighted by molar-refractivity contribution is -0.116. The summed E-state index contributed by atoms with van der Waals surface area (Å²) in [5, 5.41) is 0. The SMILES string of the molecule is Cc1cccc(C)c1NS(=O)(=O)c1c(C)cc(N2C(=O)CCS2(=O)=O)cc1C. The summed E-state index contributed by atoms with van der Waals surface area (Å²) in [4.78, 5) is 12.1. The van der Waals surface area contributed by atoms with Gasteiger partial charge in [0.05, 0.1) is 22.0 Å². The van der Waals surface area contributed by atoms with Gasteiger partial charge in [0.2, 0.25) is 15.9 Å². The molecule has 1 fully saturated rings. The molecule has 3 rings (SSSR count). The van der Waals surface area contributed by atoms with E-state index < -0.39 is 26.0 Å². The molecule has 150 valence electrons. The van der Waals surface area contributed by atoms with Crippen LogP contribution in [0.4, 0.5) is 11.4 Å². The molecular weight excluding hydrogens is 400 g/mol. The van der Waals surface area contributed by atoms with Gasteiger partial charge >= 0.3 is 0 Å². The van der Waals surface area contributed by atoms with Crippen molar-refractivity contribution in [3.05, 3.63) is 52.6 Å². The molecule has 1 aliphatic heterocycles. The lowest BCUT2D eigenvalue weighted by Gasteiger charge is -2.20. The highest BCUT2D eigenvalue weighted by Crippen LogP contribution is 2.32. The maximum atomic E-state index is 13.1. The lowest BCUT2D eigenvalue weighted by atomic mass is 10.1. The van der Waals surface area contributed by atoms with Crippen molar-refractivity contribution in [1.82, 2.24) is 0 Å². The fourth-order valence-corrected chi connectivity index (χ4v) is 6.60. The van der Waals surface area contributed by atoms with Crippen molar-refractivity contribution in [3.63, 3.8) is 0 Å². The minimum Gasteiger partial charge on any atom is -0.279 e. The topological polar surface area (TPSA) is 101 Å². The second-order valence-corrected chi connectivity index (χ2v) is 10.6. The molecule has 0 radical (unpaired) electrons. The van der Waals surface area contributed by atoms with Gasteiger partial charge in [0, 0.05) is 6.42 Å². The quantitative estimate of drug-likeness (QED) is 0.817. The maximum absolute atomic E-state index is 13.1. The summed E-state index contributed by atoms with van der Waals surface area (Å²) in [7, 11) is -7.62. The number of amides is 1. The Kier molecular flexibility index (Phi) is 5.01. The van der Waals surface area contributed by atoms with E-state index in [0.29, 0.717) is 16.8 Å². The Hall–Kier alpha value is -2.39. The third-order valence-electron chi connectivity index (χ3n) is 4.74. The summed E-state index contributed by atoms with van der Waals surface area (Å²) in [6, 6.07) is 8.33. The van der Waals surface area contributed by atoms with Crippen LogP contribution in [0.3, 0.4) is 0 Å². The fourth-order valence-electron chi connectivity index (χ4n) is 3.50. The lowest BCUT2D eigenvalue weighted by Crippen LogP contribution is -2.29. The number of benzene rings is 2. The Balaban J connectivity index is 2.07. The summed E-state index contributed by atoms with van der Waals surface area (Å²) >= 11 is 0. The van der Waals surface area contributed by atoms with Gasteiger partial charge in [-0.2, -0.15) is 0 Å². The van der Waals surface area contributed by atoms with Crippen LogP contribution in [0.5, 0.6) is 0 Å². The van der Waals surface area contributed by atoms with Gasteiger partial charge in [0.1, 0.15) is 0 Å². The molecule has 0 bridgehead atoms. The number of nitrogens with one attached hydrogen (secondary N) is 1. The van der Waals surface area contributed by atoms with Gasteiger partial charge in [0.15, 0.2) is 0 Å². The maximum Gasteiger partial charge on any atom is 0.262 e. The molecular formula is C19H22N2O5S2. The number of aryl methyl sites for hydroxylation is 4. The summed E-state index contributed by atoms with van der Waals surface area (Å²) in [5.41, 5.74) is 3.01. The molecule has 0 atom stereocenters. The van der Waals surface area contributed by atoms with Crippen molar-refractivity contribution < 1.29 is 21.6 Å². The van der Waals surface area contributed by atoms with Gasteiger partial charge in [-0.15, -0.1) is 0 Å². The van der Waals surface area contributed by atoms with E-state index in [0.717, 1.165) is 15.4 Å². The van der Waals surface area contributed by atoms with E-state index in [-0.39, 0.29) is 22.8 Å². The Morgan fingerprint density at radius 1 is 0.964 bits per heavy atom. The van der Waals surface area contributed by atoms with E-state index in [1.54, 1.807) is 13.8 Å². The highest BCUT2D eigenvalue weighted by atomic mass is 32.2. The van der Waals surface area contributed by atoms with Crippen LogP contribution in [0.25, 0.3) is 0 Å². The number of sulfonamides is 2. The molecule has 0 spiro atoms. The molecule has 1 saturated heterocycles. The van der Waals surface area contributed by atoms with Gasteiger partial charge in [-0.3, -0.25) is 9.52 Å². The zero-order chi connectivity index (χ0) is 20.9. The zero-order valence-corrected chi connectivity index (χ0v) is 17.7. The van der Waals surface area contributed by atoms with Crippen LogP contribution in [0, 0.1) is 27.7 Å². The summed E-state index contributed by atoms with van der Waals surface area (Å²) in [6.07, 6.45) is -0.0748. The van der Waals surface area contributed by atoms with Gasteiger partial charge < -0.3 is 0 Å². The van der Waals surface area contributed by atoms with E-state index in [9.17, 15) is 21.6 Å². The molecule has 1 amide bonds. The van der Waals surface area contributed by atoms with Gasteiger partial charge in [0.25, 0.3) is 10.0 Å². The smallest absolute Gasteiger partial charge is 0.262 e. The first-order chi connectivity index (χ1) is 12.9. The van der Waals surface area contributed by atoms with Crippen molar-refractivity contribution in [1.29, 1.82) is 0 Å². The van der Waals surface area contributed by atoms with Crippen molar-refractivity contribution >= 4 is 37.3 Å². The predicted octanol–water partition coefficient (Wildman–Crippen LogP) is 2.79. The number of hydrogen-bond acceptors (Lipinski definition) is 5. The van der Waals surface area contributed by atoms with E-state index in [1.807, 2.05) is 32.0 Å². The average Bonchev–Trinajstić information content (AvgIpc) is 2.83. The van der Waals surface area contributed by atoms with E-state index in [2.05, 4.69) is 4.72 Å². The molecule has 2 aromatic rings. The Labute approximate surface area is 165 Å². The van der Waals surface area contributed by atoms with Gasteiger partial charge in [-0.05, 0) is 62.1 Å². The number of hydrogen-bond donors (Lipinski definition) is 1. The van der Waals surface area contributed by atoms with Gasteiger partial charge in [-0.25, -0.2) is 21.1 Å². The minimum absolute atomic E-state index is 0.0722. The molecule has 1 heterocycles. The van der Waals surface area contributed by atoms with Crippen molar-refractivity contribution in [3.8, 4) is 0 Å². The molecule has 0 saturated carbocycles. The normalized spacial score (nSPS) is 16.4. The Morgan fingerprint density at radius 2 is 1.50 bits per heavy atom. The largest absolute Gasteiger partial charge is 0.279 e. The Bertz CT molecular complexity index is 1140. The molecule has 0 unspecified atom stereocenters. The fraction of sp³-hybridized carbons (Fsp3) is 0.316. The number of para-hydroxylation sites is 1. The summed E-state index contributed by atoms with van der Waals surface area (Å²) in [5.74, 6) is -0.749.